The highest BCUT2D eigenvalue weighted by atomic mass is 127. The topological polar surface area (TPSA) is 85.8 Å². The number of aliphatic hydroxyl groups is 1. The number of benzene rings is 1. The van der Waals surface area contributed by atoms with Gasteiger partial charge >= 0.3 is 0 Å². The number of nitrogens with zero attached hydrogens (tertiary/aromatic N) is 1. The van der Waals surface area contributed by atoms with Crippen LogP contribution >= 0.6 is 24.0 Å². The van der Waals surface area contributed by atoms with Crippen molar-refractivity contribution in [1.82, 2.24) is 10.6 Å². The van der Waals surface area contributed by atoms with Gasteiger partial charge in [0, 0.05) is 18.8 Å². The zero-order chi connectivity index (χ0) is 19.4. The molecule has 154 valence electrons. The number of amides is 1. The molecule has 0 fully saturated rings. The van der Waals surface area contributed by atoms with Crippen molar-refractivity contribution in [2.24, 2.45) is 4.99 Å². The van der Waals surface area contributed by atoms with Gasteiger partial charge in [-0.25, -0.2) is 9.38 Å². The Morgan fingerprint density at radius 1 is 1.19 bits per heavy atom. The Morgan fingerprint density at radius 2 is 1.85 bits per heavy atom. The average Bonchev–Trinajstić information content (AvgIpc) is 2.58. The van der Waals surface area contributed by atoms with Gasteiger partial charge < -0.3 is 21.1 Å². The lowest BCUT2D eigenvalue weighted by Gasteiger charge is -2.28. The normalized spacial score (nSPS) is 11.5. The zero-order valence-corrected chi connectivity index (χ0v) is 18.7. The molecule has 0 heterocycles. The first kappa shape index (κ1) is 25.6. The Hall–Kier alpha value is -1.42. The zero-order valence-electron chi connectivity index (χ0n) is 16.3. The molecule has 1 aromatic carbocycles. The van der Waals surface area contributed by atoms with Crippen LogP contribution in [0.25, 0.3) is 0 Å². The SMILES string of the molecule is CCCC(O)(CCC)CNC(=NCC(=O)Nc1cccc(F)c1)NCC.I. The van der Waals surface area contributed by atoms with Gasteiger partial charge in [0.1, 0.15) is 12.4 Å². The van der Waals surface area contributed by atoms with Gasteiger partial charge in [0.25, 0.3) is 0 Å². The molecule has 1 aromatic rings. The van der Waals surface area contributed by atoms with Crippen molar-refractivity contribution in [3.63, 3.8) is 0 Å². The number of carbonyl (C=O) groups excluding carboxylic acids is 1. The Morgan fingerprint density at radius 3 is 2.41 bits per heavy atom. The third-order valence-electron chi connectivity index (χ3n) is 3.85. The summed E-state index contributed by atoms with van der Waals surface area (Å²) in [5.41, 5.74) is -0.396. The summed E-state index contributed by atoms with van der Waals surface area (Å²) < 4.78 is 13.1. The summed E-state index contributed by atoms with van der Waals surface area (Å²) in [6.07, 6.45) is 3.18. The minimum absolute atomic E-state index is 0. The highest BCUT2D eigenvalue weighted by molar-refractivity contribution is 14.0. The molecular weight excluding hydrogens is 462 g/mol. The number of halogens is 2. The lowest BCUT2D eigenvalue weighted by molar-refractivity contribution is -0.114. The minimum Gasteiger partial charge on any atom is -0.388 e. The summed E-state index contributed by atoms with van der Waals surface area (Å²) in [5, 5.41) is 19.4. The number of hydrogen-bond acceptors (Lipinski definition) is 3. The number of guanidine groups is 1. The molecule has 0 bridgehead atoms. The molecule has 0 unspecified atom stereocenters. The Balaban J connectivity index is 0.00000676. The molecule has 6 nitrogen and oxygen atoms in total. The fourth-order valence-corrected chi connectivity index (χ4v) is 2.74. The van der Waals surface area contributed by atoms with Crippen LogP contribution in [-0.4, -0.2) is 42.2 Å². The predicted octanol–water partition coefficient (Wildman–Crippen LogP) is 3.27. The first-order valence-electron chi connectivity index (χ1n) is 9.22. The highest BCUT2D eigenvalue weighted by Crippen LogP contribution is 2.18. The summed E-state index contributed by atoms with van der Waals surface area (Å²) in [6.45, 7) is 6.90. The van der Waals surface area contributed by atoms with Gasteiger partial charge in [-0.1, -0.05) is 32.8 Å². The van der Waals surface area contributed by atoms with E-state index in [0.29, 0.717) is 37.6 Å². The maximum Gasteiger partial charge on any atom is 0.246 e. The second-order valence-corrected chi connectivity index (χ2v) is 6.33. The van der Waals surface area contributed by atoms with Gasteiger partial charge in [0.15, 0.2) is 5.96 Å². The van der Waals surface area contributed by atoms with Crippen LogP contribution < -0.4 is 16.0 Å². The summed E-state index contributed by atoms with van der Waals surface area (Å²) in [4.78, 5) is 16.2. The fourth-order valence-electron chi connectivity index (χ4n) is 2.74. The molecule has 0 spiro atoms. The number of anilines is 1. The van der Waals surface area contributed by atoms with Crippen molar-refractivity contribution in [3.8, 4) is 0 Å². The third-order valence-corrected chi connectivity index (χ3v) is 3.85. The van der Waals surface area contributed by atoms with Crippen molar-refractivity contribution in [3.05, 3.63) is 30.1 Å². The molecule has 0 atom stereocenters. The highest BCUT2D eigenvalue weighted by Gasteiger charge is 2.24. The smallest absolute Gasteiger partial charge is 0.246 e. The van der Waals surface area contributed by atoms with Crippen LogP contribution in [0.5, 0.6) is 0 Å². The van der Waals surface area contributed by atoms with E-state index >= 15 is 0 Å². The van der Waals surface area contributed by atoms with Crippen LogP contribution in [-0.2, 0) is 4.79 Å². The molecule has 0 radical (unpaired) electrons. The number of nitrogens with one attached hydrogen (secondary N) is 3. The van der Waals surface area contributed by atoms with Crippen molar-refractivity contribution >= 4 is 41.5 Å². The van der Waals surface area contributed by atoms with Gasteiger partial charge in [-0.2, -0.15) is 0 Å². The van der Waals surface area contributed by atoms with Crippen molar-refractivity contribution in [2.45, 2.75) is 52.1 Å². The standard InChI is InChI=1S/C19H31FN4O2.HI/c1-4-10-19(26,11-5-2)14-23-18(21-6-3)22-13-17(25)24-16-9-7-8-15(20)12-16;/h7-9,12,26H,4-6,10-11,13-14H2,1-3H3,(H,24,25)(H2,21,22,23);1H. The summed E-state index contributed by atoms with van der Waals surface area (Å²) in [7, 11) is 0. The molecule has 4 N–H and O–H groups in total. The van der Waals surface area contributed by atoms with E-state index in [2.05, 4.69) is 20.9 Å². The summed E-state index contributed by atoms with van der Waals surface area (Å²) in [6, 6.07) is 5.71. The molecule has 0 saturated carbocycles. The number of hydrogen-bond donors (Lipinski definition) is 4. The monoisotopic (exact) mass is 494 g/mol. The molecule has 0 aliphatic rings. The number of carbonyl (C=O) groups is 1. The molecule has 0 aromatic heterocycles. The largest absolute Gasteiger partial charge is 0.388 e. The van der Waals surface area contributed by atoms with E-state index < -0.39 is 11.4 Å². The third kappa shape index (κ3) is 10.5. The van der Waals surface area contributed by atoms with E-state index in [-0.39, 0.29) is 36.4 Å². The van der Waals surface area contributed by atoms with Crippen LogP contribution in [0.15, 0.2) is 29.3 Å². The van der Waals surface area contributed by atoms with Gasteiger partial charge in [0.05, 0.1) is 5.60 Å². The summed E-state index contributed by atoms with van der Waals surface area (Å²) in [5.74, 6) is -0.287. The van der Waals surface area contributed by atoms with Gasteiger partial charge in [-0.15, -0.1) is 24.0 Å². The van der Waals surface area contributed by atoms with E-state index in [9.17, 15) is 14.3 Å². The maximum absolute atomic E-state index is 13.1. The van der Waals surface area contributed by atoms with Crippen molar-refractivity contribution in [2.75, 3.05) is 25.0 Å². The molecule has 1 rings (SSSR count). The summed E-state index contributed by atoms with van der Waals surface area (Å²) >= 11 is 0. The van der Waals surface area contributed by atoms with E-state index in [4.69, 9.17) is 0 Å². The lowest BCUT2D eigenvalue weighted by Crippen LogP contribution is -2.47. The molecule has 0 aliphatic carbocycles. The van der Waals surface area contributed by atoms with Crippen LogP contribution in [0.2, 0.25) is 0 Å². The molecular formula is C19H32FIN4O2. The molecule has 8 heteroatoms. The predicted molar refractivity (Wildman–Crippen MR) is 119 cm³/mol. The Labute approximate surface area is 178 Å². The maximum atomic E-state index is 13.1. The first-order valence-corrected chi connectivity index (χ1v) is 9.22. The van der Waals surface area contributed by atoms with Crippen LogP contribution in [0.4, 0.5) is 10.1 Å². The second kappa shape index (κ2) is 13.7. The number of aliphatic imine (C=N–C) groups is 1. The Kier molecular flexibility index (Phi) is 13.0. The van der Waals surface area contributed by atoms with E-state index in [1.807, 2.05) is 20.8 Å². The van der Waals surface area contributed by atoms with E-state index in [1.165, 1.54) is 18.2 Å². The molecule has 0 aliphatic heterocycles. The minimum atomic E-state index is -0.788. The Bertz CT molecular complexity index is 593. The number of rotatable bonds is 10. The fraction of sp³-hybridized carbons (Fsp3) is 0.579. The average molecular weight is 494 g/mol. The lowest BCUT2D eigenvalue weighted by atomic mass is 9.93. The van der Waals surface area contributed by atoms with Crippen LogP contribution in [0.3, 0.4) is 0 Å². The van der Waals surface area contributed by atoms with Crippen LogP contribution in [0, 0.1) is 5.82 Å². The van der Waals surface area contributed by atoms with Gasteiger partial charge in [-0.3, -0.25) is 4.79 Å². The van der Waals surface area contributed by atoms with Gasteiger partial charge in [-0.05, 0) is 38.0 Å². The van der Waals surface area contributed by atoms with Crippen molar-refractivity contribution < 1.29 is 14.3 Å². The van der Waals surface area contributed by atoms with E-state index in [1.54, 1.807) is 6.07 Å². The van der Waals surface area contributed by atoms with Gasteiger partial charge in [0.2, 0.25) is 5.91 Å². The van der Waals surface area contributed by atoms with Crippen molar-refractivity contribution in [1.29, 1.82) is 0 Å². The molecule has 1 amide bonds. The first-order chi connectivity index (χ1) is 12.4. The van der Waals surface area contributed by atoms with E-state index in [0.717, 1.165) is 12.8 Å². The molecule has 0 saturated heterocycles. The quantitative estimate of drug-likeness (QED) is 0.229. The molecule has 27 heavy (non-hydrogen) atoms. The van der Waals surface area contributed by atoms with Crippen LogP contribution in [0.1, 0.15) is 46.5 Å². The second-order valence-electron chi connectivity index (χ2n) is 6.33.